The van der Waals surface area contributed by atoms with Gasteiger partial charge in [0.15, 0.2) is 5.78 Å². The Morgan fingerprint density at radius 3 is 2.41 bits per heavy atom. The molecule has 0 saturated heterocycles. The van der Waals surface area contributed by atoms with Gasteiger partial charge in [-0.25, -0.2) is 0 Å². The lowest BCUT2D eigenvalue weighted by atomic mass is 10.2. The monoisotopic (exact) mass is 238 g/mol. The van der Waals surface area contributed by atoms with E-state index >= 15 is 0 Å². The molecule has 96 valence electrons. The molecule has 17 heavy (non-hydrogen) atoms. The summed E-state index contributed by atoms with van der Waals surface area (Å²) in [6.45, 7) is 5.00. The molecule has 0 aromatic heterocycles. The number of hydrogen-bond donors (Lipinski definition) is 0. The van der Waals surface area contributed by atoms with Crippen molar-refractivity contribution in [3.8, 4) is 0 Å². The van der Waals surface area contributed by atoms with Crippen LogP contribution >= 0.6 is 0 Å². The van der Waals surface area contributed by atoms with Gasteiger partial charge in [0.25, 0.3) is 0 Å². The van der Waals surface area contributed by atoms with Crippen molar-refractivity contribution in [2.24, 2.45) is 0 Å². The van der Waals surface area contributed by atoms with Gasteiger partial charge in [0.1, 0.15) is 5.76 Å². The second kappa shape index (κ2) is 9.82. The maximum atomic E-state index is 10.8. The molecule has 0 spiro atoms. The highest BCUT2D eigenvalue weighted by Crippen LogP contribution is 2.10. The van der Waals surface area contributed by atoms with Gasteiger partial charge in [0, 0.05) is 13.3 Å². The third-order valence-corrected chi connectivity index (χ3v) is 2.07. The number of rotatable bonds is 8. The highest BCUT2D eigenvalue weighted by Gasteiger charge is 2.00. The Hall–Kier alpha value is -1.38. The number of allylic oxidation sites excluding steroid dienone is 4. The standard InChI is InChI=1S/C14H22O3/c1-4-9-14(17-13(3)16)11-8-6-5-7-10-12(2)15/h7,10-11H,4-6,8-9H2,1-3H3/b10-7+,14-11-. The molecule has 0 aliphatic heterocycles. The summed E-state index contributed by atoms with van der Waals surface area (Å²) in [5.41, 5.74) is 0. The minimum atomic E-state index is -0.263. The number of carbonyl (C=O) groups is 2. The first-order valence-corrected chi connectivity index (χ1v) is 6.10. The fourth-order valence-electron chi connectivity index (χ4n) is 1.37. The van der Waals surface area contributed by atoms with E-state index in [4.69, 9.17) is 4.74 Å². The average molecular weight is 238 g/mol. The van der Waals surface area contributed by atoms with Crippen molar-refractivity contribution in [1.29, 1.82) is 0 Å². The highest BCUT2D eigenvalue weighted by molar-refractivity contribution is 5.87. The molecule has 0 rings (SSSR count). The molecular formula is C14H22O3. The maximum absolute atomic E-state index is 10.8. The van der Waals surface area contributed by atoms with Gasteiger partial charge in [-0.05, 0) is 44.8 Å². The third kappa shape index (κ3) is 10.9. The summed E-state index contributed by atoms with van der Waals surface area (Å²) in [6, 6.07) is 0. The second-order valence-electron chi connectivity index (χ2n) is 3.96. The Bertz CT molecular complexity index is 301. The lowest BCUT2D eigenvalue weighted by Crippen LogP contribution is -1.98. The Balaban J connectivity index is 3.91. The quantitative estimate of drug-likeness (QED) is 0.281. The van der Waals surface area contributed by atoms with E-state index in [1.54, 1.807) is 6.08 Å². The molecule has 0 aliphatic rings. The molecule has 3 heteroatoms. The minimum Gasteiger partial charge on any atom is -0.432 e. The van der Waals surface area contributed by atoms with E-state index in [-0.39, 0.29) is 11.8 Å². The molecule has 0 saturated carbocycles. The second-order valence-corrected chi connectivity index (χ2v) is 3.96. The van der Waals surface area contributed by atoms with Crippen LogP contribution in [-0.4, -0.2) is 11.8 Å². The van der Waals surface area contributed by atoms with Gasteiger partial charge in [0.05, 0.1) is 0 Å². The average Bonchev–Trinajstić information content (AvgIpc) is 2.22. The van der Waals surface area contributed by atoms with E-state index in [0.29, 0.717) is 0 Å². The van der Waals surface area contributed by atoms with E-state index in [1.807, 2.05) is 19.1 Å². The van der Waals surface area contributed by atoms with Gasteiger partial charge in [-0.3, -0.25) is 9.59 Å². The van der Waals surface area contributed by atoms with Gasteiger partial charge >= 0.3 is 5.97 Å². The highest BCUT2D eigenvalue weighted by atomic mass is 16.5. The summed E-state index contributed by atoms with van der Waals surface area (Å²) in [7, 11) is 0. The number of esters is 1. The van der Waals surface area contributed by atoms with Gasteiger partial charge < -0.3 is 4.74 Å². The SMILES string of the molecule is CCC/C(=C/CCC/C=C/C(C)=O)OC(C)=O. The van der Waals surface area contributed by atoms with E-state index < -0.39 is 0 Å². The number of carbonyl (C=O) groups excluding carboxylic acids is 2. The van der Waals surface area contributed by atoms with E-state index in [2.05, 4.69) is 0 Å². The predicted molar refractivity (Wildman–Crippen MR) is 68.4 cm³/mol. The van der Waals surface area contributed by atoms with Crippen LogP contribution < -0.4 is 0 Å². The molecule has 0 N–H and O–H groups in total. The van der Waals surface area contributed by atoms with Crippen LogP contribution in [0.5, 0.6) is 0 Å². The Morgan fingerprint density at radius 2 is 1.88 bits per heavy atom. The zero-order valence-electron chi connectivity index (χ0n) is 11.0. The Kier molecular flexibility index (Phi) is 9.02. The Labute approximate surface area is 104 Å². The zero-order valence-corrected chi connectivity index (χ0v) is 11.0. The number of ketones is 1. The summed E-state index contributed by atoms with van der Waals surface area (Å²) in [4.78, 5) is 21.5. The normalized spacial score (nSPS) is 11.8. The minimum absolute atomic E-state index is 0.0760. The zero-order chi connectivity index (χ0) is 13.1. The van der Waals surface area contributed by atoms with Gasteiger partial charge in [-0.2, -0.15) is 0 Å². The van der Waals surface area contributed by atoms with Crippen LogP contribution in [0.1, 0.15) is 52.9 Å². The first kappa shape index (κ1) is 15.6. The summed E-state index contributed by atoms with van der Waals surface area (Å²) in [5, 5.41) is 0. The number of ether oxygens (including phenoxy) is 1. The van der Waals surface area contributed by atoms with Crippen LogP contribution in [0.4, 0.5) is 0 Å². The Morgan fingerprint density at radius 1 is 1.18 bits per heavy atom. The molecule has 3 nitrogen and oxygen atoms in total. The van der Waals surface area contributed by atoms with Crippen molar-refractivity contribution >= 4 is 11.8 Å². The summed E-state index contributed by atoms with van der Waals surface area (Å²) < 4.78 is 5.09. The van der Waals surface area contributed by atoms with Gasteiger partial charge in [-0.1, -0.05) is 13.0 Å². The van der Waals surface area contributed by atoms with Crippen molar-refractivity contribution < 1.29 is 14.3 Å². The van der Waals surface area contributed by atoms with E-state index in [9.17, 15) is 9.59 Å². The van der Waals surface area contributed by atoms with Crippen molar-refractivity contribution in [3.63, 3.8) is 0 Å². The molecule has 0 fully saturated rings. The smallest absolute Gasteiger partial charge is 0.307 e. The molecule has 0 radical (unpaired) electrons. The van der Waals surface area contributed by atoms with Crippen LogP contribution in [0.3, 0.4) is 0 Å². The van der Waals surface area contributed by atoms with Gasteiger partial charge in [0.2, 0.25) is 0 Å². The molecule has 0 aromatic carbocycles. The van der Waals surface area contributed by atoms with E-state index in [0.717, 1.165) is 37.9 Å². The molecular weight excluding hydrogens is 216 g/mol. The number of hydrogen-bond acceptors (Lipinski definition) is 3. The van der Waals surface area contributed by atoms with Crippen LogP contribution in [0.15, 0.2) is 24.0 Å². The van der Waals surface area contributed by atoms with Crippen LogP contribution in [0, 0.1) is 0 Å². The molecule has 0 aromatic rings. The lowest BCUT2D eigenvalue weighted by Gasteiger charge is -2.05. The first-order chi connectivity index (χ1) is 8.06. The fraction of sp³-hybridized carbons (Fsp3) is 0.571. The molecule has 0 atom stereocenters. The summed E-state index contributed by atoms with van der Waals surface area (Å²) >= 11 is 0. The van der Waals surface area contributed by atoms with Crippen molar-refractivity contribution in [1.82, 2.24) is 0 Å². The third-order valence-electron chi connectivity index (χ3n) is 2.07. The summed E-state index contributed by atoms with van der Waals surface area (Å²) in [6.07, 6.45) is 9.88. The molecule has 0 amide bonds. The lowest BCUT2D eigenvalue weighted by molar-refractivity contribution is -0.137. The molecule has 0 unspecified atom stereocenters. The van der Waals surface area contributed by atoms with Crippen LogP contribution in [0.25, 0.3) is 0 Å². The van der Waals surface area contributed by atoms with E-state index in [1.165, 1.54) is 13.8 Å². The molecule has 0 bridgehead atoms. The molecule has 0 heterocycles. The van der Waals surface area contributed by atoms with Crippen molar-refractivity contribution in [2.45, 2.75) is 52.9 Å². The van der Waals surface area contributed by atoms with Crippen molar-refractivity contribution in [2.75, 3.05) is 0 Å². The fourth-order valence-corrected chi connectivity index (χ4v) is 1.37. The predicted octanol–water partition coefficient (Wildman–Crippen LogP) is 3.55. The van der Waals surface area contributed by atoms with Gasteiger partial charge in [-0.15, -0.1) is 0 Å². The topological polar surface area (TPSA) is 43.4 Å². The summed E-state index contributed by atoms with van der Waals surface area (Å²) in [5.74, 6) is 0.573. The largest absolute Gasteiger partial charge is 0.432 e. The van der Waals surface area contributed by atoms with Crippen LogP contribution in [0.2, 0.25) is 0 Å². The number of unbranched alkanes of at least 4 members (excludes halogenated alkanes) is 2. The van der Waals surface area contributed by atoms with Crippen molar-refractivity contribution in [3.05, 3.63) is 24.0 Å². The molecule has 0 aliphatic carbocycles. The maximum Gasteiger partial charge on any atom is 0.307 e. The first-order valence-electron chi connectivity index (χ1n) is 6.10. The van der Waals surface area contributed by atoms with Crippen LogP contribution in [-0.2, 0) is 14.3 Å².